The molecular formula is C29H28N4O3. The first-order valence-corrected chi connectivity index (χ1v) is 12.0. The monoisotopic (exact) mass is 480 g/mol. The molecule has 182 valence electrons. The van der Waals surface area contributed by atoms with Gasteiger partial charge in [0, 0.05) is 42.7 Å². The van der Waals surface area contributed by atoms with Crippen molar-refractivity contribution in [3.63, 3.8) is 0 Å². The van der Waals surface area contributed by atoms with E-state index in [0.717, 1.165) is 52.8 Å². The number of carbonyl (C=O) groups is 1. The van der Waals surface area contributed by atoms with E-state index in [4.69, 9.17) is 20.6 Å². The molecule has 0 spiro atoms. The molecular weight excluding hydrogens is 452 g/mol. The SMILES string of the molecule is CC(=O)O.NCc1ccc(Cn2cc(-c3nc4cc5c(cc4[nH]c3=O)CCC5)c3ccccc32)cc1. The first kappa shape index (κ1) is 23.5. The van der Waals surface area contributed by atoms with Crippen LogP contribution in [0.15, 0.2) is 71.7 Å². The van der Waals surface area contributed by atoms with Crippen LogP contribution in [-0.4, -0.2) is 25.6 Å². The lowest BCUT2D eigenvalue weighted by atomic mass is 10.1. The summed E-state index contributed by atoms with van der Waals surface area (Å²) in [6, 6.07) is 20.8. The summed E-state index contributed by atoms with van der Waals surface area (Å²) >= 11 is 0. The molecule has 5 aromatic rings. The maximum atomic E-state index is 13.1. The average molecular weight is 481 g/mol. The number of aliphatic carboxylic acids is 1. The van der Waals surface area contributed by atoms with Crippen LogP contribution in [0.1, 0.15) is 35.6 Å². The number of nitrogens with two attached hydrogens (primary N) is 1. The van der Waals surface area contributed by atoms with Gasteiger partial charge in [-0.2, -0.15) is 0 Å². The number of nitrogens with zero attached hydrogens (tertiary/aromatic N) is 2. The first-order chi connectivity index (χ1) is 17.4. The number of nitrogens with one attached hydrogen (secondary N) is 1. The molecule has 2 aromatic heterocycles. The number of fused-ring (bicyclic) bond motifs is 3. The predicted octanol–water partition coefficient (Wildman–Crippen LogP) is 4.63. The summed E-state index contributed by atoms with van der Waals surface area (Å²) in [5.74, 6) is -0.833. The molecule has 0 unspecified atom stereocenters. The third-order valence-electron chi connectivity index (χ3n) is 6.56. The summed E-state index contributed by atoms with van der Waals surface area (Å²) in [5.41, 5.74) is 14.7. The van der Waals surface area contributed by atoms with E-state index in [1.165, 1.54) is 23.1 Å². The normalized spacial score (nSPS) is 12.4. The summed E-state index contributed by atoms with van der Waals surface area (Å²) in [4.78, 5) is 30.0. The van der Waals surface area contributed by atoms with Crippen molar-refractivity contribution in [1.82, 2.24) is 14.5 Å². The lowest BCUT2D eigenvalue weighted by Crippen LogP contribution is -2.11. The summed E-state index contributed by atoms with van der Waals surface area (Å²) in [6.45, 7) is 2.33. The lowest BCUT2D eigenvalue weighted by molar-refractivity contribution is -0.134. The molecule has 7 nitrogen and oxygen atoms in total. The van der Waals surface area contributed by atoms with Gasteiger partial charge in [0.05, 0.1) is 11.0 Å². The van der Waals surface area contributed by atoms with Crippen molar-refractivity contribution in [2.24, 2.45) is 5.73 Å². The third kappa shape index (κ3) is 4.65. The standard InChI is InChI=1S/C27H24N4O.C2H4O2/c28-14-17-8-10-18(11-9-17)15-31-16-22(21-6-1-2-7-25(21)31)26-27(32)30-24-13-20-5-3-4-19(20)12-23(24)29-26;1-2(3)4/h1-2,6-13,16H,3-5,14-15,28H2,(H,30,32);1H3,(H,3,4). The van der Waals surface area contributed by atoms with Crippen LogP contribution in [0.4, 0.5) is 0 Å². The number of carboxylic acid groups (broad SMARTS) is 1. The predicted molar refractivity (Wildman–Crippen MR) is 142 cm³/mol. The fourth-order valence-electron chi connectivity index (χ4n) is 4.88. The van der Waals surface area contributed by atoms with Gasteiger partial charge in [-0.05, 0) is 59.7 Å². The maximum Gasteiger partial charge on any atom is 0.300 e. The second-order valence-electron chi connectivity index (χ2n) is 9.13. The van der Waals surface area contributed by atoms with Gasteiger partial charge in [-0.3, -0.25) is 9.59 Å². The van der Waals surface area contributed by atoms with Crippen LogP contribution < -0.4 is 11.3 Å². The van der Waals surface area contributed by atoms with Crippen molar-refractivity contribution in [2.45, 2.75) is 39.3 Å². The van der Waals surface area contributed by atoms with Gasteiger partial charge in [-0.25, -0.2) is 4.98 Å². The molecule has 1 aliphatic rings. The Labute approximate surface area is 208 Å². The minimum atomic E-state index is -0.833. The molecule has 0 saturated heterocycles. The number of hydrogen-bond acceptors (Lipinski definition) is 4. The molecule has 2 heterocycles. The van der Waals surface area contributed by atoms with E-state index in [1.807, 2.05) is 12.1 Å². The third-order valence-corrected chi connectivity index (χ3v) is 6.56. The van der Waals surface area contributed by atoms with Crippen molar-refractivity contribution in [2.75, 3.05) is 0 Å². The van der Waals surface area contributed by atoms with Crippen molar-refractivity contribution in [3.8, 4) is 11.3 Å². The van der Waals surface area contributed by atoms with Gasteiger partial charge in [0.2, 0.25) is 0 Å². The van der Waals surface area contributed by atoms with Gasteiger partial charge in [0.1, 0.15) is 5.69 Å². The Morgan fingerprint density at radius 3 is 2.44 bits per heavy atom. The van der Waals surface area contributed by atoms with Crippen molar-refractivity contribution in [1.29, 1.82) is 0 Å². The Kier molecular flexibility index (Phi) is 6.40. The highest BCUT2D eigenvalue weighted by Crippen LogP contribution is 2.30. The van der Waals surface area contributed by atoms with Crippen molar-refractivity contribution >= 4 is 27.9 Å². The minimum Gasteiger partial charge on any atom is -0.481 e. The fourth-order valence-corrected chi connectivity index (χ4v) is 4.88. The molecule has 0 saturated carbocycles. The fraction of sp³-hybridized carbons (Fsp3) is 0.207. The number of carboxylic acids is 1. The van der Waals surface area contributed by atoms with Gasteiger partial charge in [-0.15, -0.1) is 0 Å². The topological polar surface area (TPSA) is 114 Å². The number of rotatable bonds is 4. The number of para-hydroxylation sites is 1. The highest BCUT2D eigenvalue weighted by molar-refractivity contribution is 5.96. The molecule has 0 fully saturated rings. The second-order valence-corrected chi connectivity index (χ2v) is 9.13. The number of H-pyrrole nitrogens is 1. The van der Waals surface area contributed by atoms with E-state index >= 15 is 0 Å². The first-order valence-electron chi connectivity index (χ1n) is 12.0. The zero-order valence-corrected chi connectivity index (χ0v) is 20.1. The molecule has 0 amide bonds. The van der Waals surface area contributed by atoms with E-state index in [-0.39, 0.29) is 5.56 Å². The Bertz CT molecular complexity index is 1630. The zero-order valence-electron chi connectivity index (χ0n) is 20.1. The number of aryl methyl sites for hydroxylation is 2. The molecule has 4 N–H and O–H groups in total. The van der Waals surface area contributed by atoms with Crippen LogP contribution in [0.3, 0.4) is 0 Å². The van der Waals surface area contributed by atoms with Gasteiger partial charge >= 0.3 is 0 Å². The van der Waals surface area contributed by atoms with E-state index < -0.39 is 5.97 Å². The molecule has 0 bridgehead atoms. The molecule has 0 radical (unpaired) electrons. The smallest absolute Gasteiger partial charge is 0.300 e. The highest BCUT2D eigenvalue weighted by Gasteiger charge is 2.17. The average Bonchev–Trinajstić information content (AvgIpc) is 3.47. The van der Waals surface area contributed by atoms with E-state index in [1.54, 1.807) is 0 Å². The molecule has 36 heavy (non-hydrogen) atoms. The van der Waals surface area contributed by atoms with E-state index in [9.17, 15) is 4.79 Å². The molecule has 0 atom stereocenters. The summed E-state index contributed by atoms with van der Waals surface area (Å²) in [5, 5.41) is 8.45. The molecule has 6 rings (SSSR count). The number of hydrogen-bond donors (Lipinski definition) is 3. The van der Waals surface area contributed by atoms with Crippen LogP contribution in [0, 0.1) is 0 Å². The number of aromatic nitrogens is 3. The molecule has 0 aliphatic heterocycles. The van der Waals surface area contributed by atoms with Crippen LogP contribution >= 0.6 is 0 Å². The summed E-state index contributed by atoms with van der Waals surface area (Å²) < 4.78 is 2.19. The quantitative estimate of drug-likeness (QED) is 0.347. The van der Waals surface area contributed by atoms with Crippen molar-refractivity contribution < 1.29 is 9.90 Å². The van der Waals surface area contributed by atoms with Gasteiger partial charge in [0.25, 0.3) is 11.5 Å². The zero-order chi connectivity index (χ0) is 25.2. The molecule has 1 aliphatic carbocycles. The Balaban J connectivity index is 0.000000623. The lowest BCUT2D eigenvalue weighted by Gasteiger charge is -2.06. The number of aromatic amines is 1. The molecule has 7 heteroatoms. The van der Waals surface area contributed by atoms with E-state index in [2.05, 4.69) is 64.3 Å². The van der Waals surface area contributed by atoms with Crippen LogP contribution in [0.2, 0.25) is 0 Å². The van der Waals surface area contributed by atoms with Crippen LogP contribution in [0.25, 0.3) is 33.2 Å². The van der Waals surface area contributed by atoms with Gasteiger partial charge < -0.3 is 20.4 Å². The second kappa shape index (κ2) is 9.79. The van der Waals surface area contributed by atoms with E-state index in [0.29, 0.717) is 18.8 Å². The number of benzene rings is 3. The highest BCUT2D eigenvalue weighted by atomic mass is 16.4. The van der Waals surface area contributed by atoms with Gasteiger partial charge in [-0.1, -0.05) is 42.5 Å². The summed E-state index contributed by atoms with van der Waals surface area (Å²) in [6.07, 6.45) is 5.39. The molecule has 3 aromatic carbocycles. The van der Waals surface area contributed by atoms with Gasteiger partial charge in [0.15, 0.2) is 0 Å². The van der Waals surface area contributed by atoms with Crippen LogP contribution in [-0.2, 0) is 30.7 Å². The largest absolute Gasteiger partial charge is 0.481 e. The Morgan fingerprint density at radius 2 is 1.72 bits per heavy atom. The Morgan fingerprint density at radius 1 is 1.06 bits per heavy atom. The Hall–Kier alpha value is -4.23. The minimum absolute atomic E-state index is 0.148. The maximum absolute atomic E-state index is 13.1. The summed E-state index contributed by atoms with van der Waals surface area (Å²) in [7, 11) is 0. The van der Waals surface area contributed by atoms with Crippen LogP contribution in [0.5, 0.6) is 0 Å². The van der Waals surface area contributed by atoms with Crippen molar-refractivity contribution in [3.05, 3.63) is 99.5 Å².